The molecule has 3 aromatic rings. The minimum Gasteiger partial charge on any atom is -0.351 e. The number of halogens is 1. The Balaban J connectivity index is 1.73. The molecule has 0 bridgehead atoms. The molecule has 1 amide bonds. The highest BCUT2D eigenvalue weighted by atomic mass is 35.5. The van der Waals surface area contributed by atoms with E-state index in [1.54, 1.807) is 25.4 Å². The molecule has 8 heteroatoms. The number of amides is 1. The fourth-order valence-corrected chi connectivity index (χ4v) is 3.29. The summed E-state index contributed by atoms with van der Waals surface area (Å²) in [5.74, 6) is 0.335. The molecule has 7 nitrogen and oxygen atoms in total. The van der Waals surface area contributed by atoms with Gasteiger partial charge in [-0.15, -0.1) is 0 Å². The Morgan fingerprint density at radius 3 is 2.52 bits per heavy atom. The molecule has 150 valence electrons. The molecule has 29 heavy (non-hydrogen) atoms. The summed E-state index contributed by atoms with van der Waals surface area (Å²) >= 11 is 6.23. The Kier molecular flexibility index (Phi) is 6.08. The van der Waals surface area contributed by atoms with Crippen LogP contribution in [0, 0.1) is 6.92 Å². The van der Waals surface area contributed by atoms with Gasteiger partial charge in [0, 0.05) is 34.2 Å². The predicted octanol–water partition coefficient (Wildman–Crippen LogP) is 2.87. The van der Waals surface area contributed by atoms with Crippen LogP contribution in [0.25, 0.3) is 11.6 Å². The minimum absolute atomic E-state index is 0.0734. The molecule has 0 atom stereocenters. The first-order chi connectivity index (χ1) is 13.7. The smallest absolute Gasteiger partial charge is 0.255 e. The van der Waals surface area contributed by atoms with Crippen molar-refractivity contribution in [2.45, 2.75) is 39.2 Å². The zero-order valence-corrected chi connectivity index (χ0v) is 17.2. The van der Waals surface area contributed by atoms with E-state index in [2.05, 4.69) is 25.3 Å². The molecule has 0 aliphatic heterocycles. The number of H-pyrrole nitrogens is 1. The van der Waals surface area contributed by atoms with Crippen molar-refractivity contribution in [2.75, 3.05) is 0 Å². The summed E-state index contributed by atoms with van der Waals surface area (Å²) in [4.78, 5) is 40.3. The molecular weight excluding hydrogens is 390 g/mol. The van der Waals surface area contributed by atoms with E-state index in [0.29, 0.717) is 28.5 Å². The highest BCUT2D eigenvalue weighted by Crippen LogP contribution is 2.21. The molecule has 0 fully saturated rings. The van der Waals surface area contributed by atoms with Crippen molar-refractivity contribution < 1.29 is 4.79 Å². The number of nitrogens with zero attached hydrogens (tertiary/aromatic N) is 3. The summed E-state index contributed by atoms with van der Waals surface area (Å²) in [6.45, 7) is 5.53. The summed E-state index contributed by atoms with van der Waals surface area (Å²) in [6, 6.07) is 9.20. The van der Waals surface area contributed by atoms with E-state index in [4.69, 9.17) is 11.6 Å². The lowest BCUT2D eigenvalue weighted by Crippen LogP contribution is -2.46. The number of aromatic nitrogens is 4. The topological polar surface area (TPSA) is 101 Å². The first-order valence-corrected chi connectivity index (χ1v) is 9.54. The summed E-state index contributed by atoms with van der Waals surface area (Å²) in [5.41, 5.74) is 0.820. The lowest BCUT2D eigenvalue weighted by molar-refractivity contribution is -0.122. The van der Waals surface area contributed by atoms with Crippen molar-refractivity contribution in [3.63, 3.8) is 0 Å². The van der Waals surface area contributed by atoms with Crippen molar-refractivity contribution in [2.24, 2.45) is 0 Å². The summed E-state index contributed by atoms with van der Waals surface area (Å²) in [6.07, 6.45) is 3.63. The summed E-state index contributed by atoms with van der Waals surface area (Å²) in [5, 5.41) is 3.64. The fraction of sp³-hybridized carbons (Fsp3) is 0.286. The molecule has 2 N–H and O–H groups in total. The largest absolute Gasteiger partial charge is 0.351 e. The quantitative estimate of drug-likeness (QED) is 0.649. The van der Waals surface area contributed by atoms with Crippen LogP contribution >= 0.6 is 11.6 Å². The Labute approximate surface area is 173 Å². The molecule has 0 unspecified atom stereocenters. The van der Waals surface area contributed by atoms with Gasteiger partial charge in [0.15, 0.2) is 11.6 Å². The third-order valence-corrected chi connectivity index (χ3v) is 4.77. The molecule has 2 heterocycles. The molecule has 0 spiro atoms. The molecule has 2 aromatic heterocycles. The van der Waals surface area contributed by atoms with E-state index in [0.717, 1.165) is 5.56 Å². The second kappa shape index (κ2) is 8.53. The first kappa shape index (κ1) is 20.7. The van der Waals surface area contributed by atoms with Gasteiger partial charge in [-0.05, 0) is 44.9 Å². The van der Waals surface area contributed by atoms with E-state index < -0.39 is 5.54 Å². The normalized spacial score (nSPS) is 11.3. The van der Waals surface area contributed by atoms with E-state index in [1.165, 1.54) is 0 Å². The molecule has 0 saturated heterocycles. The van der Waals surface area contributed by atoms with Gasteiger partial charge in [0.2, 0.25) is 5.91 Å². The number of hydrogen-bond acceptors (Lipinski definition) is 5. The standard InChI is InChI=1S/C21H22ClN5O2/c1-13-15(20(29)26-19(25-13)18-23-9-6-10-24-18)11-17(28)27-21(2,3)12-14-7-4-5-8-16(14)22/h4-10H,11-12H2,1-3H3,(H,27,28)(H,25,26,29). The van der Waals surface area contributed by atoms with E-state index in [9.17, 15) is 9.59 Å². The average Bonchev–Trinajstić information content (AvgIpc) is 2.66. The van der Waals surface area contributed by atoms with Gasteiger partial charge in [-0.2, -0.15) is 0 Å². The van der Waals surface area contributed by atoms with Crippen molar-refractivity contribution >= 4 is 17.5 Å². The molecule has 1 aromatic carbocycles. The third kappa shape index (κ3) is 5.26. The second-order valence-electron chi connectivity index (χ2n) is 7.43. The number of carbonyl (C=O) groups is 1. The van der Waals surface area contributed by atoms with Gasteiger partial charge < -0.3 is 10.3 Å². The third-order valence-electron chi connectivity index (χ3n) is 4.41. The van der Waals surface area contributed by atoms with Gasteiger partial charge >= 0.3 is 0 Å². The fourth-order valence-electron chi connectivity index (χ4n) is 3.09. The lowest BCUT2D eigenvalue weighted by atomic mass is 9.94. The van der Waals surface area contributed by atoms with Gasteiger partial charge in [0.1, 0.15) is 0 Å². The Morgan fingerprint density at radius 2 is 1.86 bits per heavy atom. The molecule has 0 aliphatic rings. The maximum absolute atomic E-state index is 12.6. The van der Waals surface area contributed by atoms with Crippen LogP contribution in [0.15, 0.2) is 47.5 Å². The van der Waals surface area contributed by atoms with Crippen LogP contribution in [0.1, 0.15) is 30.7 Å². The number of hydrogen-bond donors (Lipinski definition) is 2. The number of aryl methyl sites for hydroxylation is 1. The van der Waals surface area contributed by atoms with Gasteiger partial charge in [-0.3, -0.25) is 9.59 Å². The SMILES string of the molecule is Cc1nc(-c2ncccn2)[nH]c(=O)c1CC(=O)NC(C)(C)Cc1ccccc1Cl. The number of benzene rings is 1. The maximum Gasteiger partial charge on any atom is 0.255 e. The molecule has 0 radical (unpaired) electrons. The van der Waals surface area contributed by atoms with E-state index >= 15 is 0 Å². The van der Waals surface area contributed by atoms with Gasteiger partial charge in [0.25, 0.3) is 5.56 Å². The summed E-state index contributed by atoms with van der Waals surface area (Å²) in [7, 11) is 0. The van der Waals surface area contributed by atoms with Crippen LogP contribution in [-0.2, 0) is 17.6 Å². The van der Waals surface area contributed by atoms with Crippen molar-refractivity contribution in [3.05, 3.63) is 74.9 Å². The number of rotatable bonds is 6. The number of aromatic amines is 1. The number of nitrogens with one attached hydrogen (secondary N) is 2. The summed E-state index contributed by atoms with van der Waals surface area (Å²) < 4.78 is 0. The first-order valence-electron chi connectivity index (χ1n) is 9.17. The molecule has 3 rings (SSSR count). The van der Waals surface area contributed by atoms with Crippen LogP contribution in [0.4, 0.5) is 0 Å². The van der Waals surface area contributed by atoms with Crippen LogP contribution in [-0.4, -0.2) is 31.4 Å². The van der Waals surface area contributed by atoms with Crippen molar-refractivity contribution in [3.8, 4) is 11.6 Å². The van der Waals surface area contributed by atoms with E-state index in [1.807, 2.05) is 38.1 Å². The minimum atomic E-state index is -0.534. The van der Waals surface area contributed by atoms with Crippen LogP contribution in [0.5, 0.6) is 0 Å². The Hall–Kier alpha value is -3.06. The van der Waals surface area contributed by atoms with Crippen LogP contribution in [0.3, 0.4) is 0 Å². The average molecular weight is 412 g/mol. The molecular formula is C21H22ClN5O2. The molecule has 0 aliphatic carbocycles. The van der Waals surface area contributed by atoms with Gasteiger partial charge in [0.05, 0.1) is 6.42 Å². The molecule has 0 saturated carbocycles. The van der Waals surface area contributed by atoms with Crippen LogP contribution in [0.2, 0.25) is 5.02 Å². The Bertz CT molecular complexity index is 1080. The van der Waals surface area contributed by atoms with Gasteiger partial charge in [-0.25, -0.2) is 15.0 Å². The zero-order chi connectivity index (χ0) is 21.0. The van der Waals surface area contributed by atoms with Crippen molar-refractivity contribution in [1.29, 1.82) is 0 Å². The lowest BCUT2D eigenvalue weighted by Gasteiger charge is -2.27. The predicted molar refractivity (Wildman–Crippen MR) is 112 cm³/mol. The Morgan fingerprint density at radius 1 is 1.17 bits per heavy atom. The van der Waals surface area contributed by atoms with E-state index in [-0.39, 0.29) is 23.7 Å². The van der Waals surface area contributed by atoms with Crippen LogP contribution < -0.4 is 10.9 Å². The number of carbonyl (C=O) groups excluding carboxylic acids is 1. The maximum atomic E-state index is 12.6. The highest BCUT2D eigenvalue weighted by molar-refractivity contribution is 6.31. The van der Waals surface area contributed by atoms with Gasteiger partial charge in [-0.1, -0.05) is 29.8 Å². The monoisotopic (exact) mass is 411 g/mol. The zero-order valence-electron chi connectivity index (χ0n) is 16.5. The van der Waals surface area contributed by atoms with Crippen molar-refractivity contribution in [1.82, 2.24) is 25.3 Å². The second-order valence-corrected chi connectivity index (χ2v) is 7.84. The highest BCUT2D eigenvalue weighted by Gasteiger charge is 2.23.